The van der Waals surface area contributed by atoms with Gasteiger partial charge in [0.05, 0.1) is 0 Å². The number of hydrogen-bond acceptors (Lipinski definition) is 4. The van der Waals surface area contributed by atoms with Crippen LogP contribution in [-0.4, -0.2) is 34.0 Å². The molecular formula is C12H26N2O3. The predicted octanol–water partition coefficient (Wildman–Crippen LogP) is 0.346. The molecule has 102 valence electrons. The first-order chi connectivity index (χ1) is 7.59. The summed E-state index contributed by atoms with van der Waals surface area (Å²) in [5.74, 6) is -1.15. The molecular weight excluding hydrogens is 220 g/mol. The fourth-order valence-electron chi connectivity index (χ4n) is 1.66. The standard InChI is InChI=1S/C9H18N2O.C3H8O2/c1-6(2)11-9(12)7-3-4-8(10)5-7;1-3(2,4)5/h6-8H,3-5,10H2,1-2H3,(H,11,12);4-5H,1-2H3. The molecule has 1 aliphatic rings. The molecule has 0 aliphatic heterocycles. The summed E-state index contributed by atoms with van der Waals surface area (Å²) in [5, 5.41) is 19.1. The minimum absolute atomic E-state index is 0.169. The summed E-state index contributed by atoms with van der Waals surface area (Å²) in [4.78, 5) is 11.4. The van der Waals surface area contributed by atoms with E-state index in [1.807, 2.05) is 13.8 Å². The van der Waals surface area contributed by atoms with E-state index in [1.54, 1.807) is 0 Å². The SMILES string of the molecule is CC(C)(O)O.CC(C)NC(=O)C1CCC(N)C1. The fourth-order valence-corrected chi connectivity index (χ4v) is 1.66. The molecule has 1 saturated carbocycles. The van der Waals surface area contributed by atoms with E-state index in [-0.39, 0.29) is 23.9 Å². The van der Waals surface area contributed by atoms with Crippen molar-refractivity contribution in [3.63, 3.8) is 0 Å². The molecule has 1 rings (SSSR count). The minimum atomic E-state index is -1.50. The van der Waals surface area contributed by atoms with Crippen LogP contribution in [0.5, 0.6) is 0 Å². The van der Waals surface area contributed by atoms with E-state index in [0.29, 0.717) is 0 Å². The third kappa shape index (κ3) is 10.2. The Morgan fingerprint density at radius 1 is 1.35 bits per heavy atom. The van der Waals surface area contributed by atoms with Crippen LogP contribution in [0.3, 0.4) is 0 Å². The zero-order valence-electron chi connectivity index (χ0n) is 11.2. The Balaban J connectivity index is 0.000000437. The Labute approximate surface area is 103 Å². The predicted molar refractivity (Wildman–Crippen MR) is 67.1 cm³/mol. The summed E-state index contributed by atoms with van der Waals surface area (Å²) in [5.41, 5.74) is 5.71. The van der Waals surface area contributed by atoms with Crippen molar-refractivity contribution < 1.29 is 15.0 Å². The molecule has 5 nitrogen and oxygen atoms in total. The van der Waals surface area contributed by atoms with E-state index < -0.39 is 5.79 Å². The van der Waals surface area contributed by atoms with Gasteiger partial charge in [-0.15, -0.1) is 0 Å². The molecule has 2 atom stereocenters. The lowest BCUT2D eigenvalue weighted by Crippen LogP contribution is -2.35. The normalized spacial score (nSPS) is 24.2. The second-order valence-corrected chi connectivity index (χ2v) is 5.43. The van der Waals surface area contributed by atoms with Crippen LogP contribution < -0.4 is 11.1 Å². The molecule has 2 unspecified atom stereocenters. The first kappa shape index (κ1) is 16.4. The maximum Gasteiger partial charge on any atom is 0.223 e. The molecule has 0 radical (unpaired) electrons. The molecule has 0 heterocycles. The van der Waals surface area contributed by atoms with Crippen LogP contribution in [-0.2, 0) is 4.79 Å². The van der Waals surface area contributed by atoms with Crippen molar-refractivity contribution in [2.75, 3.05) is 0 Å². The van der Waals surface area contributed by atoms with Crippen molar-refractivity contribution >= 4 is 5.91 Å². The van der Waals surface area contributed by atoms with E-state index in [2.05, 4.69) is 5.32 Å². The highest BCUT2D eigenvalue weighted by Crippen LogP contribution is 2.24. The van der Waals surface area contributed by atoms with E-state index >= 15 is 0 Å². The lowest BCUT2D eigenvalue weighted by molar-refractivity contribution is -0.127. The maximum absolute atomic E-state index is 11.4. The number of amides is 1. The molecule has 0 aromatic rings. The van der Waals surface area contributed by atoms with Gasteiger partial charge < -0.3 is 21.3 Å². The number of carbonyl (C=O) groups excluding carboxylic acids is 1. The Kier molecular flexibility index (Phi) is 6.67. The van der Waals surface area contributed by atoms with Gasteiger partial charge in [-0.05, 0) is 47.0 Å². The van der Waals surface area contributed by atoms with E-state index in [0.717, 1.165) is 19.3 Å². The first-order valence-corrected chi connectivity index (χ1v) is 6.10. The maximum atomic E-state index is 11.4. The molecule has 5 N–H and O–H groups in total. The highest BCUT2D eigenvalue weighted by Gasteiger charge is 2.27. The number of nitrogens with one attached hydrogen (secondary N) is 1. The van der Waals surface area contributed by atoms with Crippen LogP contribution in [0.25, 0.3) is 0 Å². The Bertz CT molecular complexity index is 230. The van der Waals surface area contributed by atoms with E-state index in [9.17, 15) is 4.79 Å². The zero-order chi connectivity index (χ0) is 13.6. The van der Waals surface area contributed by atoms with Crippen LogP contribution in [0.2, 0.25) is 0 Å². The van der Waals surface area contributed by atoms with Crippen molar-refractivity contribution in [1.82, 2.24) is 5.32 Å². The Morgan fingerprint density at radius 3 is 2.12 bits per heavy atom. The third-order valence-electron chi connectivity index (χ3n) is 2.27. The molecule has 1 amide bonds. The number of rotatable bonds is 2. The Morgan fingerprint density at radius 2 is 1.82 bits per heavy atom. The van der Waals surface area contributed by atoms with Gasteiger partial charge in [-0.25, -0.2) is 0 Å². The molecule has 0 spiro atoms. The van der Waals surface area contributed by atoms with Crippen molar-refractivity contribution in [3.05, 3.63) is 0 Å². The summed E-state index contributed by atoms with van der Waals surface area (Å²) in [6.45, 7) is 6.56. The smallest absolute Gasteiger partial charge is 0.223 e. The molecule has 0 bridgehead atoms. The quantitative estimate of drug-likeness (QED) is 0.529. The van der Waals surface area contributed by atoms with Gasteiger partial charge in [0, 0.05) is 18.0 Å². The first-order valence-electron chi connectivity index (χ1n) is 6.10. The van der Waals surface area contributed by atoms with E-state index in [1.165, 1.54) is 13.8 Å². The highest BCUT2D eigenvalue weighted by molar-refractivity contribution is 5.79. The molecule has 17 heavy (non-hydrogen) atoms. The van der Waals surface area contributed by atoms with Gasteiger partial charge in [-0.3, -0.25) is 4.79 Å². The molecule has 5 heteroatoms. The zero-order valence-corrected chi connectivity index (χ0v) is 11.2. The van der Waals surface area contributed by atoms with Crippen molar-refractivity contribution in [2.45, 2.75) is 64.8 Å². The van der Waals surface area contributed by atoms with E-state index in [4.69, 9.17) is 15.9 Å². The average Bonchev–Trinajstić information content (AvgIpc) is 2.47. The Hall–Kier alpha value is -0.650. The topological polar surface area (TPSA) is 95.6 Å². The summed E-state index contributed by atoms with van der Waals surface area (Å²) < 4.78 is 0. The molecule has 1 aliphatic carbocycles. The van der Waals surface area contributed by atoms with Gasteiger partial charge in [0.15, 0.2) is 5.79 Å². The lowest BCUT2D eigenvalue weighted by atomic mass is 10.1. The number of aliphatic hydroxyl groups is 2. The largest absolute Gasteiger partial charge is 0.366 e. The summed E-state index contributed by atoms with van der Waals surface area (Å²) in [6, 6.07) is 0.488. The van der Waals surface area contributed by atoms with Crippen molar-refractivity contribution in [3.8, 4) is 0 Å². The highest BCUT2D eigenvalue weighted by atomic mass is 16.5. The van der Waals surface area contributed by atoms with Crippen molar-refractivity contribution in [2.24, 2.45) is 11.7 Å². The van der Waals surface area contributed by atoms with Gasteiger partial charge in [0.25, 0.3) is 0 Å². The number of nitrogens with two attached hydrogens (primary N) is 1. The van der Waals surface area contributed by atoms with Crippen LogP contribution in [0.1, 0.15) is 47.0 Å². The van der Waals surface area contributed by atoms with Gasteiger partial charge in [0.2, 0.25) is 5.91 Å². The van der Waals surface area contributed by atoms with Crippen LogP contribution in [0, 0.1) is 5.92 Å². The number of carbonyl (C=O) groups is 1. The summed E-state index contributed by atoms with van der Waals surface area (Å²) in [6.07, 6.45) is 2.81. The molecule has 0 aromatic heterocycles. The monoisotopic (exact) mass is 246 g/mol. The molecule has 0 aromatic carbocycles. The summed E-state index contributed by atoms with van der Waals surface area (Å²) in [7, 11) is 0. The van der Waals surface area contributed by atoms with Gasteiger partial charge >= 0.3 is 0 Å². The number of hydrogen-bond donors (Lipinski definition) is 4. The molecule has 0 saturated heterocycles. The van der Waals surface area contributed by atoms with Crippen molar-refractivity contribution in [1.29, 1.82) is 0 Å². The van der Waals surface area contributed by atoms with Crippen LogP contribution in [0.4, 0.5) is 0 Å². The minimum Gasteiger partial charge on any atom is -0.366 e. The van der Waals surface area contributed by atoms with Gasteiger partial charge in [0.1, 0.15) is 0 Å². The second-order valence-electron chi connectivity index (χ2n) is 5.43. The lowest BCUT2D eigenvalue weighted by Gasteiger charge is -2.12. The fraction of sp³-hybridized carbons (Fsp3) is 0.917. The van der Waals surface area contributed by atoms with Crippen LogP contribution >= 0.6 is 0 Å². The third-order valence-corrected chi connectivity index (χ3v) is 2.27. The summed E-state index contributed by atoms with van der Waals surface area (Å²) >= 11 is 0. The second kappa shape index (κ2) is 6.93. The molecule has 1 fully saturated rings. The van der Waals surface area contributed by atoms with Gasteiger partial charge in [-0.2, -0.15) is 0 Å². The average molecular weight is 246 g/mol. The van der Waals surface area contributed by atoms with Crippen LogP contribution in [0.15, 0.2) is 0 Å². The van der Waals surface area contributed by atoms with Gasteiger partial charge in [-0.1, -0.05) is 0 Å².